The van der Waals surface area contributed by atoms with Crippen molar-refractivity contribution in [1.82, 2.24) is 4.98 Å². The summed E-state index contributed by atoms with van der Waals surface area (Å²) < 4.78 is 45.1. The topological polar surface area (TPSA) is 45.6 Å². The first kappa shape index (κ1) is 17.5. The number of halogens is 3. The Labute approximate surface area is 149 Å². The summed E-state index contributed by atoms with van der Waals surface area (Å²) in [5, 5.41) is 10.5. The molecule has 2 aliphatic heterocycles. The summed E-state index contributed by atoms with van der Waals surface area (Å²) in [5.74, 6) is 0.176. The molecule has 2 saturated heterocycles. The van der Waals surface area contributed by atoms with Crippen molar-refractivity contribution >= 4 is 16.6 Å². The van der Waals surface area contributed by atoms with E-state index in [1.807, 2.05) is 13.0 Å². The second-order valence-corrected chi connectivity index (χ2v) is 7.44. The van der Waals surface area contributed by atoms with E-state index in [9.17, 15) is 18.3 Å². The highest BCUT2D eigenvalue weighted by atomic mass is 19.4. The van der Waals surface area contributed by atoms with Crippen LogP contribution in [0.25, 0.3) is 10.9 Å². The predicted octanol–water partition coefficient (Wildman–Crippen LogP) is 3.40. The molecule has 0 spiro atoms. The highest BCUT2D eigenvalue weighted by molar-refractivity contribution is 5.92. The molecule has 4 nitrogen and oxygen atoms in total. The number of nitrogens with zero attached hydrogens (tertiary/aromatic N) is 2. The van der Waals surface area contributed by atoms with Crippen molar-refractivity contribution in [2.24, 2.45) is 11.3 Å². The maximum Gasteiger partial charge on any atom is 0.416 e. The fourth-order valence-corrected chi connectivity index (χ4v) is 4.26. The lowest BCUT2D eigenvalue weighted by Gasteiger charge is -2.36. The Morgan fingerprint density at radius 1 is 1.35 bits per heavy atom. The maximum atomic E-state index is 13.2. The van der Waals surface area contributed by atoms with Gasteiger partial charge in [0.15, 0.2) is 0 Å². The van der Waals surface area contributed by atoms with Gasteiger partial charge < -0.3 is 14.7 Å². The van der Waals surface area contributed by atoms with E-state index < -0.39 is 11.7 Å². The van der Waals surface area contributed by atoms with Gasteiger partial charge in [0.25, 0.3) is 0 Å². The van der Waals surface area contributed by atoms with Gasteiger partial charge in [-0.05, 0) is 37.6 Å². The third-order valence-electron chi connectivity index (χ3n) is 5.77. The molecule has 4 rings (SSSR count). The van der Waals surface area contributed by atoms with Crippen LogP contribution in [0.15, 0.2) is 24.3 Å². The van der Waals surface area contributed by atoms with Crippen molar-refractivity contribution in [3.63, 3.8) is 0 Å². The Morgan fingerprint density at radius 3 is 2.85 bits per heavy atom. The molecule has 140 valence electrons. The number of aryl methyl sites for hydroxylation is 1. The van der Waals surface area contributed by atoms with Crippen LogP contribution in [0.2, 0.25) is 0 Å². The molecule has 0 bridgehead atoms. The Morgan fingerprint density at radius 2 is 2.15 bits per heavy atom. The van der Waals surface area contributed by atoms with E-state index in [2.05, 4.69) is 9.88 Å². The smallest absolute Gasteiger partial charge is 0.396 e. The third-order valence-corrected chi connectivity index (χ3v) is 5.77. The molecule has 0 saturated carbocycles. The van der Waals surface area contributed by atoms with Crippen LogP contribution in [-0.2, 0) is 10.9 Å². The second kappa shape index (κ2) is 6.09. The molecule has 0 unspecified atom stereocenters. The zero-order valence-electron chi connectivity index (χ0n) is 14.5. The fourth-order valence-electron chi connectivity index (χ4n) is 4.26. The number of hydrogen-bond donors (Lipinski definition) is 1. The number of aliphatic hydroxyl groups excluding tert-OH is 1. The first-order valence-corrected chi connectivity index (χ1v) is 8.75. The van der Waals surface area contributed by atoms with Gasteiger partial charge in [-0.25, -0.2) is 0 Å². The van der Waals surface area contributed by atoms with Crippen molar-refractivity contribution in [2.75, 3.05) is 37.8 Å². The minimum atomic E-state index is -4.39. The van der Waals surface area contributed by atoms with Crippen molar-refractivity contribution in [3.8, 4) is 0 Å². The van der Waals surface area contributed by atoms with E-state index >= 15 is 0 Å². The summed E-state index contributed by atoms with van der Waals surface area (Å²) in [6, 6.07) is 5.53. The van der Waals surface area contributed by atoms with E-state index in [1.54, 1.807) is 0 Å². The van der Waals surface area contributed by atoms with E-state index in [4.69, 9.17) is 4.74 Å². The van der Waals surface area contributed by atoms with Crippen molar-refractivity contribution in [3.05, 3.63) is 35.5 Å². The second-order valence-electron chi connectivity index (χ2n) is 7.44. The quantitative estimate of drug-likeness (QED) is 0.885. The average molecular weight is 366 g/mol. The number of pyridine rings is 1. The van der Waals surface area contributed by atoms with Crippen molar-refractivity contribution in [1.29, 1.82) is 0 Å². The first-order chi connectivity index (χ1) is 12.3. The molecule has 2 aliphatic rings. The Kier molecular flexibility index (Phi) is 4.11. The fraction of sp³-hybridized carbons (Fsp3) is 0.526. The summed E-state index contributed by atoms with van der Waals surface area (Å²) in [6.07, 6.45) is -3.63. The van der Waals surface area contributed by atoms with Gasteiger partial charge in [-0.2, -0.15) is 13.2 Å². The maximum absolute atomic E-state index is 13.2. The summed E-state index contributed by atoms with van der Waals surface area (Å²) >= 11 is 0. The van der Waals surface area contributed by atoms with Gasteiger partial charge in [-0.1, -0.05) is 0 Å². The number of anilines is 1. The number of aromatic nitrogens is 1. The van der Waals surface area contributed by atoms with Gasteiger partial charge in [0.2, 0.25) is 0 Å². The van der Waals surface area contributed by atoms with Crippen LogP contribution in [0.3, 0.4) is 0 Å². The number of hydrogen-bond acceptors (Lipinski definition) is 4. The summed E-state index contributed by atoms with van der Waals surface area (Å²) in [4.78, 5) is 6.48. The molecular formula is C19H21F3N2O2. The van der Waals surface area contributed by atoms with Gasteiger partial charge in [-0.15, -0.1) is 0 Å². The Balaban J connectivity index is 1.80. The summed E-state index contributed by atoms with van der Waals surface area (Å²) in [5.41, 5.74) is 1.15. The summed E-state index contributed by atoms with van der Waals surface area (Å²) in [6.45, 7) is 4.37. The SMILES string of the molecule is Cc1cc(N2C[C@@H]3COCC[C@]3(CO)C2)c2cc(C(F)(F)F)ccc2n1. The largest absolute Gasteiger partial charge is 0.416 e. The molecule has 2 fully saturated rings. The van der Waals surface area contributed by atoms with E-state index in [1.165, 1.54) is 12.1 Å². The molecule has 3 heterocycles. The molecule has 0 aliphatic carbocycles. The number of rotatable bonds is 2. The molecule has 1 N–H and O–H groups in total. The van der Waals surface area contributed by atoms with E-state index in [0.29, 0.717) is 37.2 Å². The molecule has 7 heteroatoms. The number of ether oxygens (including phenoxy) is 1. The minimum Gasteiger partial charge on any atom is -0.396 e. The Hall–Kier alpha value is -1.86. The first-order valence-electron chi connectivity index (χ1n) is 8.75. The highest BCUT2D eigenvalue weighted by Crippen LogP contribution is 2.45. The van der Waals surface area contributed by atoms with E-state index in [-0.39, 0.29) is 17.9 Å². The summed E-state index contributed by atoms with van der Waals surface area (Å²) in [7, 11) is 0. The molecule has 2 aromatic rings. The molecule has 1 aromatic heterocycles. The molecule has 1 aromatic carbocycles. The molecule has 0 amide bonds. The molecule has 2 atom stereocenters. The normalized spacial score (nSPS) is 26.3. The van der Waals surface area contributed by atoms with Crippen LogP contribution in [0.1, 0.15) is 17.7 Å². The lowest BCUT2D eigenvalue weighted by Crippen LogP contribution is -2.41. The molecular weight excluding hydrogens is 345 g/mol. The standard InChI is InChI=1S/C19H21F3N2O2/c1-12-6-17(15-7-13(19(20,21)22)2-3-16(15)23-12)24-8-14-9-26-5-4-18(14,10-24)11-25/h2-3,6-7,14,25H,4-5,8-11H2,1H3/t14-,18-/m1/s1. The lowest BCUT2D eigenvalue weighted by atomic mass is 9.75. The predicted molar refractivity (Wildman–Crippen MR) is 92.1 cm³/mol. The van der Waals surface area contributed by atoms with Gasteiger partial charge in [0, 0.05) is 47.8 Å². The lowest BCUT2D eigenvalue weighted by molar-refractivity contribution is -0.137. The van der Waals surface area contributed by atoms with Crippen LogP contribution < -0.4 is 4.90 Å². The highest BCUT2D eigenvalue weighted by Gasteiger charge is 2.48. The van der Waals surface area contributed by atoms with Crippen LogP contribution in [0.5, 0.6) is 0 Å². The van der Waals surface area contributed by atoms with Crippen molar-refractivity contribution < 1.29 is 23.0 Å². The molecule has 26 heavy (non-hydrogen) atoms. The number of fused-ring (bicyclic) bond motifs is 2. The monoisotopic (exact) mass is 366 g/mol. The van der Waals surface area contributed by atoms with Crippen molar-refractivity contribution in [2.45, 2.75) is 19.5 Å². The van der Waals surface area contributed by atoms with E-state index in [0.717, 1.165) is 23.9 Å². The average Bonchev–Trinajstić information content (AvgIpc) is 2.99. The van der Waals surface area contributed by atoms with Crippen LogP contribution in [0.4, 0.5) is 18.9 Å². The van der Waals surface area contributed by atoms with Gasteiger partial charge in [-0.3, -0.25) is 4.98 Å². The van der Waals surface area contributed by atoms with Gasteiger partial charge in [0.1, 0.15) is 0 Å². The van der Waals surface area contributed by atoms with Crippen LogP contribution in [0, 0.1) is 18.3 Å². The minimum absolute atomic E-state index is 0.0628. The third kappa shape index (κ3) is 2.83. The van der Waals surface area contributed by atoms with Gasteiger partial charge >= 0.3 is 6.18 Å². The molecule has 0 radical (unpaired) electrons. The number of aliphatic hydroxyl groups is 1. The number of benzene rings is 1. The van der Waals surface area contributed by atoms with Gasteiger partial charge in [0.05, 0.1) is 24.3 Å². The Bertz CT molecular complexity index is 839. The number of alkyl halides is 3. The zero-order chi connectivity index (χ0) is 18.5. The zero-order valence-corrected chi connectivity index (χ0v) is 14.5. The van der Waals surface area contributed by atoms with Crippen LogP contribution >= 0.6 is 0 Å². The van der Waals surface area contributed by atoms with Crippen LogP contribution in [-0.4, -0.2) is 43.0 Å².